The average molecular weight is 341 g/mol. The lowest BCUT2D eigenvalue weighted by molar-refractivity contribution is 0.263. The number of fused-ring (bicyclic) bond motifs is 3. The lowest BCUT2D eigenvalue weighted by Gasteiger charge is -2.36. The van der Waals surface area contributed by atoms with Gasteiger partial charge in [0.1, 0.15) is 5.75 Å². The molecule has 0 aliphatic carbocycles. The van der Waals surface area contributed by atoms with Crippen LogP contribution in [0.4, 0.5) is 5.69 Å². The number of likely N-dealkylation sites (N-methyl/N-ethyl adjacent to an activating group) is 1. The van der Waals surface area contributed by atoms with Gasteiger partial charge in [-0.2, -0.15) is 0 Å². The van der Waals surface area contributed by atoms with Crippen LogP contribution in [0.2, 0.25) is 0 Å². The van der Waals surface area contributed by atoms with Gasteiger partial charge in [0, 0.05) is 24.2 Å². The molecule has 3 rings (SSSR count). The van der Waals surface area contributed by atoms with E-state index < -0.39 is 0 Å². The number of hydrogen-bond donors (Lipinski definition) is 0. The van der Waals surface area contributed by atoms with Gasteiger partial charge in [0.2, 0.25) is 0 Å². The van der Waals surface area contributed by atoms with Crippen molar-refractivity contribution in [1.82, 2.24) is 4.90 Å². The Balaban J connectivity index is 1.92. The van der Waals surface area contributed by atoms with Gasteiger partial charge >= 0.3 is 0 Å². The van der Waals surface area contributed by atoms with Gasteiger partial charge in [0.15, 0.2) is 0 Å². The number of methoxy groups -OCH3 is 1. The van der Waals surface area contributed by atoms with Crippen LogP contribution >= 0.6 is 0 Å². The number of likely N-dealkylation sites (tertiary alicyclic amines) is 1. The van der Waals surface area contributed by atoms with Crippen molar-refractivity contribution in [3.63, 3.8) is 0 Å². The first kappa shape index (κ1) is 18.1. The van der Waals surface area contributed by atoms with Crippen molar-refractivity contribution >= 4 is 5.69 Å². The Labute approximate surface area is 153 Å². The van der Waals surface area contributed by atoms with Crippen molar-refractivity contribution in [2.75, 3.05) is 32.1 Å². The van der Waals surface area contributed by atoms with E-state index in [2.05, 4.69) is 61.5 Å². The molecule has 1 aromatic carbocycles. The summed E-state index contributed by atoms with van der Waals surface area (Å²) in [6, 6.07) is 6.61. The zero-order chi connectivity index (χ0) is 18.0. The summed E-state index contributed by atoms with van der Waals surface area (Å²) in [5.74, 6) is 0.965. The predicted molar refractivity (Wildman–Crippen MR) is 107 cm³/mol. The lowest BCUT2D eigenvalue weighted by Crippen LogP contribution is -2.48. The van der Waals surface area contributed by atoms with E-state index in [1.54, 1.807) is 7.11 Å². The quantitative estimate of drug-likeness (QED) is 0.527. The van der Waals surface area contributed by atoms with Crippen molar-refractivity contribution in [3.8, 4) is 5.75 Å². The van der Waals surface area contributed by atoms with Gasteiger partial charge in [-0.3, -0.25) is 4.90 Å². The van der Waals surface area contributed by atoms with E-state index in [0.29, 0.717) is 6.17 Å². The zero-order valence-electron chi connectivity index (χ0n) is 16.2. The normalized spacial score (nSPS) is 25.8. The molecule has 3 nitrogen and oxygen atoms in total. The second-order valence-corrected chi connectivity index (χ2v) is 7.66. The Morgan fingerprint density at radius 2 is 2.24 bits per heavy atom. The molecular formula is C22H32N2O. The molecule has 1 aromatic rings. The van der Waals surface area contributed by atoms with E-state index in [1.807, 2.05) is 6.08 Å². The fraction of sp³-hybridized carbons (Fsp3) is 0.545. The summed E-state index contributed by atoms with van der Waals surface area (Å²) in [5, 5.41) is 0. The number of unbranched alkanes of at least 4 members (excludes halogenated alkanes) is 1. The van der Waals surface area contributed by atoms with Gasteiger partial charge in [-0.05, 0) is 63.4 Å². The minimum Gasteiger partial charge on any atom is -0.497 e. The molecule has 3 heteroatoms. The summed E-state index contributed by atoms with van der Waals surface area (Å²) in [4.78, 5) is 5.13. The van der Waals surface area contributed by atoms with Gasteiger partial charge in [-0.25, -0.2) is 0 Å². The third-order valence-corrected chi connectivity index (χ3v) is 6.08. The lowest BCUT2D eigenvalue weighted by atomic mass is 9.81. The maximum absolute atomic E-state index is 5.51. The second-order valence-electron chi connectivity index (χ2n) is 7.66. The number of ether oxygens (including phenoxy) is 1. The Kier molecular flexibility index (Phi) is 5.24. The van der Waals surface area contributed by atoms with Gasteiger partial charge in [-0.1, -0.05) is 24.6 Å². The highest BCUT2D eigenvalue weighted by Gasteiger charge is 2.53. The first-order chi connectivity index (χ1) is 12.0. The fourth-order valence-corrected chi connectivity index (χ4v) is 4.66. The first-order valence-electron chi connectivity index (χ1n) is 9.45. The van der Waals surface area contributed by atoms with E-state index in [-0.39, 0.29) is 5.41 Å². The molecular weight excluding hydrogens is 308 g/mol. The summed E-state index contributed by atoms with van der Waals surface area (Å²) in [5.41, 5.74) is 4.53. The van der Waals surface area contributed by atoms with Crippen molar-refractivity contribution in [2.24, 2.45) is 0 Å². The Morgan fingerprint density at radius 3 is 2.92 bits per heavy atom. The van der Waals surface area contributed by atoms with Crippen molar-refractivity contribution < 1.29 is 4.74 Å². The molecule has 1 unspecified atom stereocenters. The Hall–Kier alpha value is -1.74. The smallest absolute Gasteiger partial charge is 0.119 e. The molecule has 0 amide bonds. The largest absolute Gasteiger partial charge is 0.497 e. The summed E-state index contributed by atoms with van der Waals surface area (Å²) >= 11 is 0. The van der Waals surface area contributed by atoms with E-state index >= 15 is 0 Å². The molecule has 0 spiro atoms. The highest BCUT2D eigenvalue weighted by atomic mass is 16.5. The second kappa shape index (κ2) is 7.25. The standard InChI is InChI=1S/C22H32N2O/c1-6-8-9-10-17(7-2)16-24-20-12-11-18(25-5)15-19(20)22(3)13-14-23(4)21(22)24/h6-7,11-12,15,21H,1,8-10,13-14,16H2,2-5H3/b17-7+/t21?,22-/m1/s1. The van der Waals surface area contributed by atoms with Crippen LogP contribution in [-0.4, -0.2) is 38.3 Å². The van der Waals surface area contributed by atoms with Gasteiger partial charge < -0.3 is 9.64 Å². The highest BCUT2D eigenvalue weighted by Crippen LogP contribution is 2.52. The molecule has 2 aliphatic rings. The van der Waals surface area contributed by atoms with Crippen molar-refractivity contribution in [3.05, 3.63) is 48.1 Å². The molecule has 1 saturated heterocycles. The average Bonchev–Trinajstić information content (AvgIpc) is 3.06. The van der Waals surface area contributed by atoms with Crippen LogP contribution in [0.3, 0.4) is 0 Å². The third-order valence-electron chi connectivity index (χ3n) is 6.08. The van der Waals surface area contributed by atoms with Crippen LogP contribution < -0.4 is 9.64 Å². The SMILES string of the molecule is C=CCCC/C(=C\C)CN1c2ccc(OC)cc2[C@@]2(C)CCN(C)C12. The molecule has 1 fully saturated rings. The van der Waals surface area contributed by atoms with Crippen LogP contribution in [0.1, 0.15) is 45.1 Å². The molecule has 0 bridgehead atoms. The summed E-state index contributed by atoms with van der Waals surface area (Å²) in [7, 11) is 4.02. The summed E-state index contributed by atoms with van der Waals surface area (Å²) < 4.78 is 5.51. The first-order valence-corrected chi connectivity index (χ1v) is 9.45. The number of allylic oxidation sites excluding steroid dienone is 2. The highest BCUT2D eigenvalue weighted by molar-refractivity contribution is 5.67. The van der Waals surface area contributed by atoms with Crippen LogP contribution in [0.15, 0.2) is 42.5 Å². The number of benzene rings is 1. The van der Waals surface area contributed by atoms with E-state index in [9.17, 15) is 0 Å². The maximum atomic E-state index is 5.51. The third kappa shape index (κ3) is 3.10. The van der Waals surface area contributed by atoms with Gasteiger partial charge in [-0.15, -0.1) is 6.58 Å². The maximum Gasteiger partial charge on any atom is 0.119 e. The van der Waals surface area contributed by atoms with Crippen LogP contribution in [-0.2, 0) is 5.41 Å². The number of anilines is 1. The van der Waals surface area contributed by atoms with Crippen LogP contribution in [0.25, 0.3) is 0 Å². The molecule has 0 saturated carbocycles. The molecule has 2 heterocycles. The number of rotatable bonds is 7. The monoisotopic (exact) mass is 340 g/mol. The van der Waals surface area contributed by atoms with E-state index in [4.69, 9.17) is 4.74 Å². The number of hydrogen-bond acceptors (Lipinski definition) is 3. The van der Waals surface area contributed by atoms with E-state index in [0.717, 1.165) is 31.7 Å². The zero-order valence-corrected chi connectivity index (χ0v) is 16.2. The summed E-state index contributed by atoms with van der Waals surface area (Å²) in [6.07, 6.45) is 9.38. The Bertz CT molecular complexity index is 666. The molecule has 0 aromatic heterocycles. The van der Waals surface area contributed by atoms with E-state index in [1.165, 1.54) is 29.7 Å². The van der Waals surface area contributed by atoms with Crippen LogP contribution in [0.5, 0.6) is 5.75 Å². The number of nitrogens with zero attached hydrogens (tertiary/aromatic N) is 2. The molecule has 25 heavy (non-hydrogen) atoms. The minimum atomic E-state index is 0.179. The van der Waals surface area contributed by atoms with Crippen molar-refractivity contribution in [2.45, 2.75) is 51.1 Å². The summed E-state index contributed by atoms with van der Waals surface area (Å²) in [6.45, 7) is 10.6. The fourth-order valence-electron chi connectivity index (χ4n) is 4.66. The van der Waals surface area contributed by atoms with Crippen molar-refractivity contribution in [1.29, 1.82) is 0 Å². The Morgan fingerprint density at radius 1 is 1.44 bits per heavy atom. The predicted octanol–water partition coefficient (Wildman–Crippen LogP) is 4.74. The van der Waals surface area contributed by atoms with Crippen LogP contribution in [0, 0.1) is 0 Å². The molecule has 2 atom stereocenters. The van der Waals surface area contributed by atoms with Gasteiger partial charge in [0.05, 0.1) is 13.3 Å². The topological polar surface area (TPSA) is 15.7 Å². The minimum absolute atomic E-state index is 0.179. The molecule has 0 N–H and O–H groups in total. The molecule has 2 aliphatic heterocycles. The van der Waals surface area contributed by atoms with Gasteiger partial charge in [0.25, 0.3) is 0 Å². The molecule has 0 radical (unpaired) electrons. The molecule has 136 valence electrons.